The fraction of sp³-hybridized carbons (Fsp3) is 0.208. The van der Waals surface area contributed by atoms with Gasteiger partial charge in [0.1, 0.15) is 13.2 Å². The smallest absolute Gasteiger partial charge is 0.210 e. The summed E-state index contributed by atoms with van der Waals surface area (Å²) in [5.74, 6) is 0.707. The molecular formula is C24H24NO2P. The van der Waals surface area contributed by atoms with Gasteiger partial charge in [-0.1, -0.05) is 84.9 Å². The van der Waals surface area contributed by atoms with E-state index in [-0.39, 0.29) is 6.04 Å². The zero-order chi connectivity index (χ0) is 19.2. The maximum Gasteiger partial charge on any atom is 0.210 e. The van der Waals surface area contributed by atoms with Crippen LogP contribution in [0.15, 0.2) is 89.9 Å². The van der Waals surface area contributed by atoms with Crippen molar-refractivity contribution < 1.29 is 9.47 Å². The average Bonchev–Trinajstić information content (AvgIpc) is 3.16. The Morgan fingerprint density at radius 2 is 1.46 bits per heavy atom. The molecule has 0 amide bonds. The van der Waals surface area contributed by atoms with Gasteiger partial charge in [0.25, 0.3) is 0 Å². The van der Waals surface area contributed by atoms with Gasteiger partial charge in [-0.05, 0) is 36.3 Å². The third kappa shape index (κ3) is 4.49. The van der Waals surface area contributed by atoms with Crippen molar-refractivity contribution in [3.05, 3.63) is 90.5 Å². The Morgan fingerprint density at radius 3 is 2.07 bits per heavy atom. The predicted octanol–water partition coefficient (Wildman–Crippen LogP) is 3.78. The molecule has 0 spiro atoms. The summed E-state index contributed by atoms with van der Waals surface area (Å²) in [4.78, 5) is 4.45. The number of nitrogens with zero attached hydrogens (tertiary/aromatic N) is 1. The van der Waals surface area contributed by atoms with E-state index in [4.69, 9.17) is 9.47 Å². The van der Waals surface area contributed by atoms with Crippen LogP contribution >= 0.6 is 7.92 Å². The first-order chi connectivity index (χ1) is 13.8. The number of rotatable bonds is 7. The SMILES string of the molecule is C[C@H]1COC(COCc2ccccc2P(c2ccccc2)c2ccccc2)=N1. The molecule has 0 saturated carbocycles. The zero-order valence-electron chi connectivity index (χ0n) is 16.0. The lowest BCUT2D eigenvalue weighted by Gasteiger charge is -2.22. The average molecular weight is 389 g/mol. The Hall–Kier alpha value is -2.48. The minimum Gasteiger partial charge on any atom is -0.477 e. The van der Waals surface area contributed by atoms with Crippen molar-refractivity contribution >= 4 is 29.7 Å². The molecular weight excluding hydrogens is 365 g/mol. The van der Waals surface area contributed by atoms with Crippen molar-refractivity contribution in [2.75, 3.05) is 13.2 Å². The molecule has 4 heteroatoms. The fourth-order valence-corrected chi connectivity index (χ4v) is 5.75. The Labute approximate surface area is 167 Å². The van der Waals surface area contributed by atoms with Crippen LogP contribution < -0.4 is 15.9 Å². The first kappa shape index (κ1) is 18.9. The fourth-order valence-electron chi connectivity index (χ4n) is 3.30. The van der Waals surface area contributed by atoms with E-state index in [0.717, 1.165) is 0 Å². The van der Waals surface area contributed by atoms with E-state index in [0.29, 0.717) is 25.7 Å². The Balaban J connectivity index is 1.61. The summed E-state index contributed by atoms with van der Waals surface area (Å²) in [7, 11) is -0.642. The number of aliphatic imine (C=N–C) groups is 1. The number of hydrogen-bond acceptors (Lipinski definition) is 3. The molecule has 0 unspecified atom stereocenters. The summed E-state index contributed by atoms with van der Waals surface area (Å²) < 4.78 is 11.5. The van der Waals surface area contributed by atoms with E-state index in [2.05, 4.69) is 96.8 Å². The minimum absolute atomic E-state index is 0.231. The van der Waals surface area contributed by atoms with Crippen molar-refractivity contribution in [2.45, 2.75) is 19.6 Å². The van der Waals surface area contributed by atoms with Crippen molar-refractivity contribution in [3.63, 3.8) is 0 Å². The molecule has 4 rings (SSSR count). The second-order valence-corrected chi connectivity index (χ2v) is 9.00. The second kappa shape index (κ2) is 9.14. The maximum atomic E-state index is 5.97. The van der Waals surface area contributed by atoms with Crippen molar-refractivity contribution in [1.29, 1.82) is 0 Å². The van der Waals surface area contributed by atoms with Crippen LogP contribution in [-0.4, -0.2) is 25.2 Å². The lowest BCUT2D eigenvalue weighted by atomic mass is 10.2. The van der Waals surface area contributed by atoms with Gasteiger partial charge in [0.15, 0.2) is 0 Å². The van der Waals surface area contributed by atoms with Gasteiger partial charge in [-0.3, -0.25) is 0 Å². The summed E-state index contributed by atoms with van der Waals surface area (Å²) in [5.41, 5.74) is 1.22. The highest BCUT2D eigenvalue weighted by molar-refractivity contribution is 7.79. The van der Waals surface area contributed by atoms with E-state index in [1.165, 1.54) is 21.5 Å². The van der Waals surface area contributed by atoms with Crippen LogP contribution in [0.25, 0.3) is 0 Å². The monoisotopic (exact) mass is 389 g/mol. The Kier molecular flexibility index (Phi) is 6.16. The molecule has 0 radical (unpaired) electrons. The standard InChI is InChI=1S/C24H24NO2P/c1-19-16-27-24(25-19)18-26-17-20-10-8-9-15-23(20)28(21-11-4-2-5-12-21)22-13-6-3-7-14-22/h2-15,19H,16-18H2,1H3/t19-/m0/s1. The highest BCUT2D eigenvalue weighted by Gasteiger charge is 2.19. The van der Waals surface area contributed by atoms with E-state index in [1.807, 2.05) is 0 Å². The van der Waals surface area contributed by atoms with Gasteiger partial charge in [-0.2, -0.15) is 0 Å². The van der Waals surface area contributed by atoms with Crippen LogP contribution in [0.3, 0.4) is 0 Å². The van der Waals surface area contributed by atoms with Gasteiger partial charge in [0.05, 0.1) is 12.6 Å². The molecule has 0 fully saturated rings. The summed E-state index contributed by atoms with van der Waals surface area (Å²) in [6.45, 7) is 3.68. The number of ether oxygens (including phenoxy) is 2. The molecule has 142 valence electrons. The van der Waals surface area contributed by atoms with Crippen LogP contribution in [0, 0.1) is 0 Å². The van der Waals surface area contributed by atoms with Crippen molar-refractivity contribution in [2.24, 2.45) is 4.99 Å². The van der Waals surface area contributed by atoms with Crippen LogP contribution in [0.1, 0.15) is 12.5 Å². The largest absolute Gasteiger partial charge is 0.477 e. The molecule has 1 aliphatic rings. The molecule has 0 N–H and O–H groups in total. The molecule has 1 heterocycles. The Morgan fingerprint density at radius 1 is 0.857 bits per heavy atom. The summed E-state index contributed by atoms with van der Waals surface area (Å²) >= 11 is 0. The molecule has 1 aliphatic heterocycles. The van der Waals surface area contributed by atoms with Crippen molar-refractivity contribution in [1.82, 2.24) is 0 Å². The minimum atomic E-state index is -0.642. The van der Waals surface area contributed by atoms with Gasteiger partial charge >= 0.3 is 0 Å². The molecule has 0 aromatic heterocycles. The molecule has 3 aromatic carbocycles. The number of hydrogen-bond donors (Lipinski definition) is 0. The quantitative estimate of drug-likeness (QED) is 0.576. The van der Waals surface area contributed by atoms with Crippen LogP contribution in [0.4, 0.5) is 0 Å². The van der Waals surface area contributed by atoms with Gasteiger partial charge in [-0.15, -0.1) is 0 Å². The first-order valence-corrected chi connectivity index (χ1v) is 10.9. The lowest BCUT2D eigenvalue weighted by Crippen LogP contribution is -2.24. The highest BCUT2D eigenvalue weighted by Crippen LogP contribution is 2.34. The van der Waals surface area contributed by atoms with E-state index >= 15 is 0 Å². The first-order valence-electron chi connectivity index (χ1n) is 9.56. The molecule has 0 saturated heterocycles. The molecule has 0 aliphatic carbocycles. The van der Waals surface area contributed by atoms with E-state index in [9.17, 15) is 0 Å². The zero-order valence-corrected chi connectivity index (χ0v) is 16.9. The highest BCUT2D eigenvalue weighted by atomic mass is 31.1. The molecule has 1 atom stereocenters. The predicted molar refractivity (Wildman–Crippen MR) is 118 cm³/mol. The normalized spacial score (nSPS) is 16.1. The molecule has 3 aromatic rings. The van der Waals surface area contributed by atoms with E-state index in [1.54, 1.807) is 0 Å². The number of benzene rings is 3. The summed E-state index contributed by atoms with van der Waals surface area (Å²) in [6.07, 6.45) is 0. The van der Waals surface area contributed by atoms with Crippen molar-refractivity contribution in [3.8, 4) is 0 Å². The third-order valence-corrected chi connectivity index (χ3v) is 7.15. The van der Waals surface area contributed by atoms with Gasteiger partial charge in [0, 0.05) is 0 Å². The van der Waals surface area contributed by atoms with Gasteiger partial charge in [0.2, 0.25) is 5.90 Å². The summed E-state index contributed by atoms with van der Waals surface area (Å²) in [6, 6.07) is 30.3. The second-order valence-electron chi connectivity index (χ2n) is 6.81. The molecule has 0 bridgehead atoms. The molecule has 28 heavy (non-hydrogen) atoms. The van der Waals surface area contributed by atoms with Gasteiger partial charge < -0.3 is 9.47 Å². The summed E-state index contributed by atoms with van der Waals surface area (Å²) in [5, 5.41) is 4.01. The van der Waals surface area contributed by atoms with Gasteiger partial charge in [-0.25, -0.2) is 4.99 Å². The maximum absolute atomic E-state index is 5.97. The lowest BCUT2D eigenvalue weighted by molar-refractivity contribution is 0.142. The van der Waals surface area contributed by atoms with Crippen LogP contribution in [0.5, 0.6) is 0 Å². The topological polar surface area (TPSA) is 30.8 Å². The van der Waals surface area contributed by atoms with E-state index < -0.39 is 7.92 Å². The van der Waals surface area contributed by atoms with Crippen LogP contribution in [-0.2, 0) is 16.1 Å². The van der Waals surface area contributed by atoms with Crippen LogP contribution in [0.2, 0.25) is 0 Å². The Bertz CT molecular complexity index is 888. The molecule has 3 nitrogen and oxygen atoms in total. The third-order valence-electron chi connectivity index (χ3n) is 4.60.